The Balaban J connectivity index is 2.01. The van der Waals surface area contributed by atoms with Crippen LogP contribution in [0.3, 0.4) is 0 Å². The maximum Gasteiger partial charge on any atom is 0.250 e. The third kappa shape index (κ3) is 2.77. The van der Waals surface area contributed by atoms with Crippen molar-refractivity contribution in [2.24, 2.45) is 0 Å². The summed E-state index contributed by atoms with van der Waals surface area (Å²) in [6.45, 7) is 2.90. The monoisotopic (exact) mass is 246 g/mol. The SMILES string of the molecule is Cc1cccc(=O)n1CCNc1ccccc1F. The van der Waals surface area contributed by atoms with E-state index in [9.17, 15) is 9.18 Å². The number of aryl methyl sites for hydroxylation is 1. The Morgan fingerprint density at radius 2 is 1.94 bits per heavy atom. The van der Waals surface area contributed by atoms with Crippen LogP contribution in [0.1, 0.15) is 5.69 Å². The van der Waals surface area contributed by atoms with Crippen LogP contribution in [-0.4, -0.2) is 11.1 Å². The predicted octanol–water partition coefficient (Wildman–Crippen LogP) is 2.41. The molecule has 2 aromatic rings. The van der Waals surface area contributed by atoms with Crippen LogP contribution in [0.4, 0.5) is 10.1 Å². The third-order valence-electron chi connectivity index (χ3n) is 2.79. The van der Waals surface area contributed by atoms with E-state index in [-0.39, 0.29) is 11.4 Å². The van der Waals surface area contributed by atoms with Gasteiger partial charge in [-0.3, -0.25) is 4.79 Å². The van der Waals surface area contributed by atoms with Gasteiger partial charge in [0.25, 0.3) is 5.56 Å². The van der Waals surface area contributed by atoms with Gasteiger partial charge in [-0.1, -0.05) is 18.2 Å². The molecule has 94 valence electrons. The summed E-state index contributed by atoms with van der Waals surface area (Å²) in [6, 6.07) is 11.6. The minimum atomic E-state index is -0.283. The molecule has 0 atom stereocenters. The van der Waals surface area contributed by atoms with Crippen molar-refractivity contribution in [1.82, 2.24) is 4.57 Å². The molecule has 0 aliphatic rings. The van der Waals surface area contributed by atoms with E-state index in [0.717, 1.165) is 5.69 Å². The number of hydrogen-bond donors (Lipinski definition) is 1. The van der Waals surface area contributed by atoms with Crippen molar-refractivity contribution in [2.75, 3.05) is 11.9 Å². The molecule has 1 aromatic heterocycles. The van der Waals surface area contributed by atoms with E-state index in [0.29, 0.717) is 18.8 Å². The lowest BCUT2D eigenvalue weighted by Gasteiger charge is -2.11. The summed E-state index contributed by atoms with van der Waals surface area (Å²) in [5.41, 5.74) is 1.32. The molecule has 0 saturated heterocycles. The minimum Gasteiger partial charge on any atom is -0.381 e. The van der Waals surface area contributed by atoms with Crippen LogP contribution >= 0.6 is 0 Å². The molecule has 1 aromatic carbocycles. The molecular weight excluding hydrogens is 231 g/mol. The average Bonchev–Trinajstić information content (AvgIpc) is 2.35. The van der Waals surface area contributed by atoms with E-state index < -0.39 is 0 Å². The highest BCUT2D eigenvalue weighted by molar-refractivity contribution is 5.44. The normalized spacial score (nSPS) is 10.3. The summed E-state index contributed by atoms with van der Waals surface area (Å²) < 4.78 is 15.0. The van der Waals surface area contributed by atoms with E-state index in [1.54, 1.807) is 28.8 Å². The maximum absolute atomic E-state index is 13.3. The van der Waals surface area contributed by atoms with Gasteiger partial charge in [-0.2, -0.15) is 0 Å². The summed E-state index contributed by atoms with van der Waals surface area (Å²) in [7, 11) is 0. The number of aromatic nitrogens is 1. The molecular formula is C14H15FN2O. The second kappa shape index (κ2) is 5.49. The Morgan fingerprint density at radius 3 is 2.67 bits per heavy atom. The zero-order chi connectivity index (χ0) is 13.0. The number of nitrogens with zero attached hydrogens (tertiary/aromatic N) is 1. The Morgan fingerprint density at radius 1 is 1.17 bits per heavy atom. The highest BCUT2D eigenvalue weighted by Gasteiger charge is 2.01. The van der Waals surface area contributed by atoms with Crippen LogP contribution in [0.25, 0.3) is 0 Å². The van der Waals surface area contributed by atoms with Crippen molar-refractivity contribution in [3.8, 4) is 0 Å². The number of benzene rings is 1. The summed E-state index contributed by atoms with van der Waals surface area (Å²) in [6.07, 6.45) is 0. The van der Waals surface area contributed by atoms with Crippen molar-refractivity contribution < 1.29 is 4.39 Å². The molecule has 0 fully saturated rings. The number of anilines is 1. The van der Waals surface area contributed by atoms with Gasteiger partial charge in [0.05, 0.1) is 5.69 Å². The summed E-state index contributed by atoms with van der Waals surface area (Å²) in [4.78, 5) is 11.6. The number of hydrogen-bond acceptors (Lipinski definition) is 2. The largest absolute Gasteiger partial charge is 0.381 e. The molecule has 0 saturated carbocycles. The Bertz CT molecular complexity index is 592. The lowest BCUT2D eigenvalue weighted by molar-refractivity contribution is 0.625. The zero-order valence-corrected chi connectivity index (χ0v) is 10.2. The number of nitrogens with one attached hydrogen (secondary N) is 1. The van der Waals surface area contributed by atoms with Crippen molar-refractivity contribution in [3.63, 3.8) is 0 Å². The second-order valence-corrected chi connectivity index (χ2v) is 4.06. The van der Waals surface area contributed by atoms with Crippen molar-refractivity contribution in [1.29, 1.82) is 0 Å². The standard InChI is InChI=1S/C14H15FN2O/c1-11-5-4-8-14(18)17(11)10-9-16-13-7-3-2-6-12(13)15/h2-8,16H,9-10H2,1H3. The van der Waals surface area contributed by atoms with E-state index in [2.05, 4.69) is 5.32 Å². The highest BCUT2D eigenvalue weighted by Crippen LogP contribution is 2.11. The lowest BCUT2D eigenvalue weighted by atomic mass is 10.3. The summed E-state index contributed by atoms with van der Waals surface area (Å²) >= 11 is 0. The first-order valence-corrected chi connectivity index (χ1v) is 5.83. The lowest BCUT2D eigenvalue weighted by Crippen LogP contribution is -2.24. The topological polar surface area (TPSA) is 34.0 Å². The van der Waals surface area contributed by atoms with Gasteiger partial charge >= 0.3 is 0 Å². The second-order valence-electron chi connectivity index (χ2n) is 4.06. The van der Waals surface area contributed by atoms with Gasteiger partial charge in [0.1, 0.15) is 5.82 Å². The van der Waals surface area contributed by atoms with E-state index in [1.807, 2.05) is 13.0 Å². The molecule has 0 spiro atoms. The van der Waals surface area contributed by atoms with Crippen LogP contribution < -0.4 is 10.9 Å². The molecule has 0 radical (unpaired) electrons. The Hall–Kier alpha value is -2.10. The molecule has 1 N–H and O–H groups in total. The number of pyridine rings is 1. The average molecular weight is 246 g/mol. The molecule has 3 nitrogen and oxygen atoms in total. The summed E-state index contributed by atoms with van der Waals surface area (Å²) in [5.74, 6) is -0.283. The first-order chi connectivity index (χ1) is 8.68. The smallest absolute Gasteiger partial charge is 0.250 e. The van der Waals surface area contributed by atoms with Gasteiger partial charge in [0.15, 0.2) is 0 Å². The van der Waals surface area contributed by atoms with Crippen LogP contribution in [0.15, 0.2) is 47.3 Å². The van der Waals surface area contributed by atoms with Crippen LogP contribution in [0.2, 0.25) is 0 Å². The first-order valence-electron chi connectivity index (χ1n) is 5.83. The number of para-hydroxylation sites is 1. The molecule has 0 amide bonds. The molecule has 4 heteroatoms. The maximum atomic E-state index is 13.3. The van der Waals surface area contributed by atoms with Crippen LogP contribution in [0, 0.1) is 12.7 Å². The van der Waals surface area contributed by atoms with Gasteiger partial charge in [-0.15, -0.1) is 0 Å². The Labute approximate surface area is 105 Å². The van der Waals surface area contributed by atoms with Crippen molar-refractivity contribution in [2.45, 2.75) is 13.5 Å². The van der Waals surface area contributed by atoms with Gasteiger partial charge in [0, 0.05) is 24.8 Å². The molecule has 2 rings (SSSR count). The minimum absolute atomic E-state index is 0.0367. The number of halogens is 1. The van der Waals surface area contributed by atoms with Gasteiger partial charge in [-0.05, 0) is 25.1 Å². The van der Waals surface area contributed by atoms with E-state index in [1.165, 1.54) is 12.1 Å². The molecule has 18 heavy (non-hydrogen) atoms. The molecule has 0 unspecified atom stereocenters. The fraction of sp³-hybridized carbons (Fsp3) is 0.214. The van der Waals surface area contributed by atoms with Crippen LogP contribution in [-0.2, 0) is 6.54 Å². The molecule has 0 bridgehead atoms. The first kappa shape index (κ1) is 12.4. The summed E-state index contributed by atoms with van der Waals surface area (Å²) in [5, 5.41) is 2.98. The molecule has 1 heterocycles. The zero-order valence-electron chi connectivity index (χ0n) is 10.2. The Kier molecular flexibility index (Phi) is 3.77. The molecule has 0 aliphatic heterocycles. The van der Waals surface area contributed by atoms with Gasteiger partial charge in [-0.25, -0.2) is 4.39 Å². The fourth-order valence-corrected chi connectivity index (χ4v) is 1.82. The van der Waals surface area contributed by atoms with E-state index in [4.69, 9.17) is 0 Å². The number of rotatable bonds is 4. The predicted molar refractivity (Wildman–Crippen MR) is 70.3 cm³/mol. The van der Waals surface area contributed by atoms with Gasteiger partial charge < -0.3 is 9.88 Å². The van der Waals surface area contributed by atoms with E-state index >= 15 is 0 Å². The highest BCUT2D eigenvalue weighted by atomic mass is 19.1. The van der Waals surface area contributed by atoms with Crippen LogP contribution in [0.5, 0.6) is 0 Å². The van der Waals surface area contributed by atoms with Crippen molar-refractivity contribution >= 4 is 5.69 Å². The third-order valence-corrected chi connectivity index (χ3v) is 2.79. The fourth-order valence-electron chi connectivity index (χ4n) is 1.82. The quantitative estimate of drug-likeness (QED) is 0.898. The molecule has 0 aliphatic carbocycles. The van der Waals surface area contributed by atoms with Crippen molar-refractivity contribution in [3.05, 3.63) is 64.3 Å². The van der Waals surface area contributed by atoms with Gasteiger partial charge in [0.2, 0.25) is 0 Å².